The predicted octanol–water partition coefficient (Wildman–Crippen LogP) is 4.28. The second kappa shape index (κ2) is 22.1. The van der Waals surface area contributed by atoms with Gasteiger partial charge in [0.05, 0.1) is 92.5 Å². The van der Waals surface area contributed by atoms with Gasteiger partial charge >= 0.3 is 6.43 Å². The highest BCUT2D eigenvalue weighted by molar-refractivity contribution is 7.94. The Morgan fingerprint density at radius 3 is 1.39 bits per heavy atom. The monoisotopic (exact) mass is 1060 g/mol. The largest absolute Gasteiger partial charge is 0.344 e. The quantitative estimate of drug-likeness (QED) is 0.117. The fourth-order valence-corrected chi connectivity index (χ4v) is 14.5. The minimum absolute atomic E-state index is 0.00922. The van der Waals surface area contributed by atoms with Crippen LogP contribution in [0.1, 0.15) is 57.8 Å². The summed E-state index contributed by atoms with van der Waals surface area (Å²) in [6.45, 7) is -1.40. The third kappa shape index (κ3) is 13.9. The molecule has 2 aromatic carbocycles. The number of sulfone groups is 2. The molecular formula is C40H42Cl2F4N6O11S4. The molecule has 0 unspecified atom stereocenters. The van der Waals surface area contributed by atoms with Crippen LogP contribution >= 0.6 is 23.2 Å². The minimum Gasteiger partial charge on any atom is -0.344 e. The average molecular weight is 1060 g/mol. The Hall–Kier alpha value is -4.79. The first-order chi connectivity index (χ1) is 31.3. The van der Waals surface area contributed by atoms with E-state index >= 15 is 0 Å². The van der Waals surface area contributed by atoms with Gasteiger partial charge in [0.1, 0.15) is 31.3 Å². The third-order valence-electron chi connectivity index (χ3n) is 10.6. The minimum atomic E-state index is -4.15. The van der Waals surface area contributed by atoms with Crippen LogP contribution in [0.2, 0.25) is 10.0 Å². The van der Waals surface area contributed by atoms with E-state index in [0.717, 1.165) is 33.0 Å². The SMILES string of the molecule is NCC(=O)c1ccc(CN(c2ccc(F)c(Cl)c2)S(=O)(=O)C2CCS(=O)(=O)CC2)nc1.O=C(CNC(=O)C(F)F)c1ccc(CN(c2ccc(F)c(Cl)c2)S(=O)(=O)C2CCS(=O)(=O)CC2)nc1. The number of hydrogen-bond donors (Lipinski definition) is 2. The first kappa shape index (κ1) is 53.2. The highest BCUT2D eigenvalue weighted by atomic mass is 35.5. The topological polar surface area (TPSA) is 258 Å². The molecule has 1 amide bonds. The van der Waals surface area contributed by atoms with Crippen molar-refractivity contribution in [2.24, 2.45) is 5.73 Å². The molecule has 364 valence electrons. The molecule has 4 aromatic rings. The number of carbonyl (C=O) groups is 3. The maximum Gasteiger partial charge on any atom is 0.315 e. The fraction of sp³-hybridized carbons (Fsp3) is 0.375. The van der Waals surface area contributed by atoms with Gasteiger partial charge in [-0.05, 0) is 86.3 Å². The van der Waals surface area contributed by atoms with E-state index in [4.69, 9.17) is 28.9 Å². The van der Waals surface area contributed by atoms with Crippen molar-refractivity contribution >= 4 is 91.8 Å². The number of nitrogens with zero attached hydrogens (tertiary/aromatic N) is 4. The van der Waals surface area contributed by atoms with Gasteiger partial charge in [-0.1, -0.05) is 23.2 Å². The van der Waals surface area contributed by atoms with Crippen LogP contribution in [0.4, 0.5) is 28.9 Å². The van der Waals surface area contributed by atoms with Crippen LogP contribution in [0.3, 0.4) is 0 Å². The number of hydrogen-bond acceptors (Lipinski definition) is 14. The van der Waals surface area contributed by atoms with E-state index in [9.17, 15) is 65.6 Å². The van der Waals surface area contributed by atoms with Gasteiger partial charge in [-0.2, -0.15) is 8.78 Å². The van der Waals surface area contributed by atoms with Crippen molar-refractivity contribution in [1.29, 1.82) is 0 Å². The highest BCUT2D eigenvalue weighted by Gasteiger charge is 2.39. The summed E-state index contributed by atoms with van der Waals surface area (Å²) in [5, 5.41) is -0.718. The zero-order valence-corrected chi connectivity index (χ0v) is 39.7. The lowest BCUT2D eigenvalue weighted by atomic mass is 10.1. The van der Waals surface area contributed by atoms with Gasteiger partial charge in [0.2, 0.25) is 20.0 Å². The number of nitrogens with one attached hydrogen (secondary N) is 1. The lowest BCUT2D eigenvalue weighted by Gasteiger charge is -2.31. The molecule has 6 rings (SSSR count). The molecule has 2 aliphatic rings. The molecule has 2 aromatic heterocycles. The lowest BCUT2D eigenvalue weighted by Crippen LogP contribution is -2.42. The number of ketones is 2. The van der Waals surface area contributed by atoms with E-state index in [1.54, 1.807) is 5.32 Å². The number of amides is 1. The number of halogens is 6. The molecule has 3 N–H and O–H groups in total. The van der Waals surface area contributed by atoms with Gasteiger partial charge in [0.25, 0.3) is 5.91 Å². The number of aromatic nitrogens is 2. The van der Waals surface area contributed by atoms with Gasteiger partial charge in [-0.3, -0.25) is 33.0 Å². The molecule has 2 fully saturated rings. The van der Waals surface area contributed by atoms with E-state index in [2.05, 4.69) is 9.97 Å². The molecular weight excluding hydrogens is 1020 g/mol. The van der Waals surface area contributed by atoms with Crippen LogP contribution in [0.15, 0.2) is 73.1 Å². The van der Waals surface area contributed by atoms with E-state index in [1.165, 1.54) is 48.7 Å². The number of alkyl halides is 2. The molecule has 27 heteroatoms. The van der Waals surface area contributed by atoms with Crippen molar-refractivity contribution in [1.82, 2.24) is 15.3 Å². The van der Waals surface area contributed by atoms with Gasteiger partial charge in [-0.15, -0.1) is 0 Å². The molecule has 67 heavy (non-hydrogen) atoms. The average Bonchev–Trinajstić information content (AvgIpc) is 3.28. The van der Waals surface area contributed by atoms with Crippen molar-refractivity contribution in [3.63, 3.8) is 0 Å². The summed E-state index contributed by atoms with van der Waals surface area (Å²) in [4.78, 5) is 42.9. The number of Topliss-reactive ketones (excluding diaryl/α,β-unsaturated/α-hetero) is 2. The predicted molar refractivity (Wildman–Crippen MR) is 242 cm³/mol. The number of anilines is 2. The first-order valence-electron chi connectivity index (χ1n) is 19.9. The number of carbonyl (C=O) groups excluding carboxylic acids is 3. The Kier molecular flexibility index (Phi) is 17.5. The van der Waals surface area contributed by atoms with Crippen LogP contribution in [-0.2, 0) is 57.6 Å². The molecule has 17 nitrogen and oxygen atoms in total. The van der Waals surface area contributed by atoms with Gasteiger partial charge in [0, 0.05) is 23.5 Å². The Balaban J connectivity index is 0.000000254. The van der Waals surface area contributed by atoms with Crippen LogP contribution in [0, 0.1) is 11.6 Å². The van der Waals surface area contributed by atoms with Crippen LogP contribution < -0.4 is 19.7 Å². The second-order valence-corrected chi connectivity index (χ2v) is 24.8. The normalized spacial score (nSPS) is 16.4. The van der Waals surface area contributed by atoms with Crippen molar-refractivity contribution in [3.05, 3.63) is 117 Å². The molecule has 2 aliphatic heterocycles. The summed E-state index contributed by atoms with van der Waals surface area (Å²) in [5.41, 5.74) is 6.29. The number of pyridine rings is 2. The molecule has 0 bridgehead atoms. The van der Waals surface area contributed by atoms with Crippen molar-refractivity contribution in [2.45, 2.75) is 55.7 Å². The molecule has 2 saturated heterocycles. The van der Waals surface area contributed by atoms with Crippen molar-refractivity contribution < 1.29 is 65.6 Å². The van der Waals surface area contributed by atoms with Crippen LogP contribution in [-0.4, -0.2) is 114 Å². The fourth-order valence-electron chi connectivity index (χ4n) is 6.75. The van der Waals surface area contributed by atoms with E-state index in [-0.39, 0.29) is 107 Å². The smallest absolute Gasteiger partial charge is 0.315 e. The second-order valence-electron chi connectivity index (χ2n) is 15.1. The maximum atomic E-state index is 13.7. The zero-order chi connectivity index (χ0) is 49.5. The number of benzene rings is 2. The zero-order valence-electron chi connectivity index (χ0n) is 34.9. The maximum absolute atomic E-state index is 13.7. The first-order valence-corrected chi connectivity index (χ1v) is 27.3. The van der Waals surface area contributed by atoms with Gasteiger partial charge in [-0.25, -0.2) is 42.5 Å². The van der Waals surface area contributed by atoms with Crippen molar-refractivity contribution in [2.75, 3.05) is 44.7 Å². The Bertz CT molecular complexity index is 2910. The summed E-state index contributed by atoms with van der Waals surface area (Å²) < 4.78 is 155. The Morgan fingerprint density at radius 2 is 1.06 bits per heavy atom. The summed E-state index contributed by atoms with van der Waals surface area (Å²) in [6.07, 6.45) is -1.15. The summed E-state index contributed by atoms with van der Waals surface area (Å²) >= 11 is 11.7. The lowest BCUT2D eigenvalue weighted by molar-refractivity contribution is -0.131. The number of nitrogens with two attached hydrogens (primary N) is 1. The molecule has 0 spiro atoms. The Labute approximate surface area is 394 Å². The third-order valence-corrected chi connectivity index (χ3v) is 19.1. The van der Waals surface area contributed by atoms with Crippen LogP contribution in [0.5, 0.6) is 0 Å². The molecule has 0 aliphatic carbocycles. The number of sulfonamides is 2. The van der Waals surface area contributed by atoms with Gasteiger partial charge in [0.15, 0.2) is 11.6 Å². The summed E-state index contributed by atoms with van der Waals surface area (Å²) in [6, 6.07) is 12.5. The molecule has 0 atom stereocenters. The summed E-state index contributed by atoms with van der Waals surface area (Å²) in [7, 11) is -14.8. The highest BCUT2D eigenvalue weighted by Crippen LogP contribution is 2.33. The molecule has 4 heterocycles. The van der Waals surface area contributed by atoms with E-state index < -0.39 is 86.5 Å². The standard InChI is InChI=1S/C21H21ClF3N3O6S2.C19H21ClFN3O5S2/c22-17-9-15(3-4-18(17)23)28(36(33,34)16-5-7-35(31,32)8-6-16)12-14-2-1-13(10-26-14)19(29)11-27-21(30)20(24)25;20-17-9-15(3-4-18(17)21)24(12-14-2-1-13(11-23-14)19(25)10-22)31(28,29)16-5-7-30(26,27)8-6-16/h1-4,9-10,16,20H,5-8,11-12H2,(H,27,30);1-4,9,11,16H,5-8,10,12,22H2. The van der Waals surface area contributed by atoms with Crippen molar-refractivity contribution in [3.8, 4) is 0 Å². The summed E-state index contributed by atoms with van der Waals surface area (Å²) in [5.74, 6) is -5.07. The van der Waals surface area contributed by atoms with E-state index in [1.807, 2.05) is 0 Å². The Morgan fingerprint density at radius 1 is 0.672 bits per heavy atom. The number of rotatable bonds is 16. The molecule has 0 radical (unpaired) electrons. The molecule has 0 saturated carbocycles. The van der Waals surface area contributed by atoms with Gasteiger partial charge < -0.3 is 11.1 Å². The van der Waals surface area contributed by atoms with E-state index in [0.29, 0.717) is 11.3 Å². The van der Waals surface area contributed by atoms with Crippen LogP contribution in [0.25, 0.3) is 0 Å².